The zero-order valence-corrected chi connectivity index (χ0v) is 12.4. The summed E-state index contributed by atoms with van der Waals surface area (Å²) in [5.74, 6) is -0.478. The molecule has 4 nitrogen and oxygen atoms in total. The number of carbonyl (C=O) groups is 1. The largest absolute Gasteiger partial charge is 0.444 e. The van der Waals surface area contributed by atoms with Crippen molar-refractivity contribution in [1.82, 2.24) is 4.90 Å². The van der Waals surface area contributed by atoms with Gasteiger partial charge in [-0.15, -0.1) is 0 Å². The molecular formula is C14H24FNO3. The minimum Gasteiger partial charge on any atom is -0.444 e. The fourth-order valence-electron chi connectivity index (χ4n) is 2.32. The lowest BCUT2D eigenvalue weighted by molar-refractivity contribution is 0.0152. The highest BCUT2D eigenvalue weighted by Gasteiger charge is 2.36. The molecule has 1 saturated heterocycles. The van der Waals surface area contributed by atoms with E-state index >= 15 is 0 Å². The van der Waals surface area contributed by atoms with Gasteiger partial charge >= 0.3 is 6.09 Å². The molecule has 1 fully saturated rings. The Bertz CT molecular complexity index is 383. The summed E-state index contributed by atoms with van der Waals surface area (Å²) in [4.78, 5) is 13.6. The molecule has 0 bridgehead atoms. The smallest absolute Gasteiger partial charge is 0.410 e. The van der Waals surface area contributed by atoms with Crippen molar-refractivity contribution < 1.29 is 19.0 Å². The molecule has 0 spiro atoms. The van der Waals surface area contributed by atoms with Crippen LogP contribution in [0.15, 0.2) is 11.4 Å². The first kappa shape index (κ1) is 16.0. The van der Waals surface area contributed by atoms with Crippen LogP contribution in [0, 0.1) is 5.41 Å². The molecule has 19 heavy (non-hydrogen) atoms. The Kier molecular flexibility index (Phi) is 4.61. The van der Waals surface area contributed by atoms with E-state index in [2.05, 4.69) is 0 Å². The summed E-state index contributed by atoms with van der Waals surface area (Å²) in [6, 6.07) is 0. The van der Waals surface area contributed by atoms with Crippen molar-refractivity contribution in [3.8, 4) is 0 Å². The maximum atomic E-state index is 13.6. The second-order valence-corrected chi connectivity index (χ2v) is 6.58. The predicted octanol–water partition coefficient (Wildman–Crippen LogP) is 2.87. The second kappa shape index (κ2) is 5.49. The topological polar surface area (TPSA) is 49.8 Å². The second-order valence-electron chi connectivity index (χ2n) is 6.58. The van der Waals surface area contributed by atoms with Crippen LogP contribution >= 0.6 is 0 Å². The van der Waals surface area contributed by atoms with Crippen LogP contribution in [0.4, 0.5) is 9.18 Å². The van der Waals surface area contributed by atoms with Gasteiger partial charge in [-0.25, -0.2) is 9.18 Å². The molecule has 5 heteroatoms. The number of likely N-dealkylation sites (tertiary alicyclic amines) is 1. The van der Waals surface area contributed by atoms with Gasteiger partial charge in [-0.05, 0) is 32.8 Å². The number of carbonyl (C=O) groups excluding carboxylic acids is 1. The van der Waals surface area contributed by atoms with E-state index in [1.165, 1.54) is 0 Å². The highest BCUT2D eigenvalue weighted by Crippen LogP contribution is 2.37. The number of piperidine rings is 1. The molecule has 1 aliphatic rings. The van der Waals surface area contributed by atoms with Crippen LogP contribution in [-0.4, -0.2) is 41.4 Å². The summed E-state index contributed by atoms with van der Waals surface area (Å²) in [7, 11) is 0. The lowest BCUT2D eigenvalue weighted by Crippen LogP contribution is -2.47. The first-order valence-corrected chi connectivity index (χ1v) is 6.53. The molecule has 1 amide bonds. The molecule has 1 heterocycles. The van der Waals surface area contributed by atoms with Crippen LogP contribution in [0.1, 0.15) is 41.0 Å². The van der Waals surface area contributed by atoms with Crippen molar-refractivity contribution in [2.45, 2.75) is 46.6 Å². The molecule has 0 aromatic rings. The van der Waals surface area contributed by atoms with Gasteiger partial charge in [-0.3, -0.25) is 0 Å². The third-order valence-corrected chi connectivity index (χ3v) is 3.15. The van der Waals surface area contributed by atoms with E-state index in [0.717, 1.165) is 0 Å². The molecule has 1 N–H and O–H groups in total. The highest BCUT2D eigenvalue weighted by atomic mass is 19.1. The normalized spacial score (nSPS) is 22.2. The van der Waals surface area contributed by atoms with Crippen LogP contribution in [0.25, 0.3) is 0 Å². The summed E-state index contributed by atoms with van der Waals surface area (Å²) in [5, 5.41) is 8.91. The van der Waals surface area contributed by atoms with Gasteiger partial charge in [0.2, 0.25) is 0 Å². The van der Waals surface area contributed by atoms with Gasteiger partial charge in [0, 0.05) is 18.5 Å². The van der Waals surface area contributed by atoms with Crippen LogP contribution < -0.4 is 0 Å². The van der Waals surface area contributed by atoms with E-state index in [9.17, 15) is 9.18 Å². The summed E-state index contributed by atoms with van der Waals surface area (Å²) >= 11 is 0. The summed E-state index contributed by atoms with van der Waals surface area (Å²) in [6.45, 7) is 9.42. The van der Waals surface area contributed by atoms with Crippen molar-refractivity contribution in [3.63, 3.8) is 0 Å². The van der Waals surface area contributed by atoms with Crippen LogP contribution in [-0.2, 0) is 4.74 Å². The monoisotopic (exact) mass is 273 g/mol. The minimum atomic E-state index is -0.578. The number of ether oxygens (including phenoxy) is 1. The molecule has 0 saturated carbocycles. The third kappa shape index (κ3) is 4.20. The number of hydrogen-bond donors (Lipinski definition) is 1. The van der Waals surface area contributed by atoms with Gasteiger partial charge < -0.3 is 14.7 Å². The average Bonchev–Trinajstić information content (AvgIpc) is 2.24. The van der Waals surface area contributed by atoms with Gasteiger partial charge in [0.25, 0.3) is 0 Å². The average molecular weight is 273 g/mol. The number of aliphatic hydroxyl groups excluding tert-OH is 1. The Morgan fingerprint density at radius 2 is 2.05 bits per heavy atom. The maximum Gasteiger partial charge on any atom is 0.410 e. The van der Waals surface area contributed by atoms with Gasteiger partial charge in [0.05, 0.1) is 6.61 Å². The van der Waals surface area contributed by atoms with Gasteiger partial charge in [-0.1, -0.05) is 13.8 Å². The SMILES string of the molecule is CC(C)(C)OC(=O)N1CCC(=C(F)CO)C(C)(C)C1. The first-order chi connectivity index (χ1) is 8.57. The lowest BCUT2D eigenvalue weighted by atomic mass is 9.78. The number of aliphatic hydroxyl groups is 1. The summed E-state index contributed by atoms with van der Waals surface area (Å²) < 4.78 is 18.9. The van der Waals surface area contributed by atoms with E-state index < -0.39 is 23.4 Å². The quantitative estimate of drug-likeness (QED) is 0.799. The zero-order valence-electron chi connectivity index (χ0n) is 12.4. The number of hydrogen-bond acceptors (Lipinski definition) is 3. The zero-order chi connectivity index (χ0) is 14.8. The molecule has 0 aliphatic carbocycles. The van der Waals surface area contributed by atoms with Gasteiger partial charge in [0.15, 0.2) is 0 Å². The minimum absolute atomic E-state index is 0.371. The number of rotatable bonds is 1. The van der Waals surface area contributed by atoms with Crippen molar-refractivity contribution >= 4 is 6.09 Å². The van der Waals surface area contributed by atoms with Crippen LogP contribution in [0.5, 0.6) is 0 Å². The van der Waals surface area contributed by atoms with Gasteiger partial charge in [0.1, 0.15) is 11.4 Å². The molecular weight excluding hydrogens is 249 g/mol. The molecule has 0 radical (unpaired) electrons. The van der Waals surface area contributed by atoms with E-state index in [4.69, 9.17) is 9.84 Å². The van der Waals surface area contributed by atoms with Crippen molar-refractivity contribution in [2.24, 2.45) is 5.41 Å². The van der Waals surface area contributed by atoms with Crippen LogP contribution in [0.2, 0.25) is 0 Å². The fraction of sp³-hybridized carbons (Fsp3) is 0.786. The Balaban J connectivity index is 2.79. The highest BCUT2D eigenvalue weighted by molar-refractivity contribution is 5.68. The number of nitrogens with zero attached hydrogens (tertiary/aromatic N) is 1. The molecule has 0 aromatic carbocycles. The summed E-state index contributed by atoms with van der Waals surface area (Å²) in [5.41, 5.74) is -0.426. The van der Waals surface area contributed by atoms with E-state index in [0.29, 0.717) is 25.1 Å². The van der Waals surface area contributed by atoms with E-state index in [-0.39, 0.29) is 6.09 Å². The molecule has 110 valence electrons. The first-order valence-electron chi connectivity index (χ1n) is 6.53. The number of amides is 1. The molecule has 1 rings (SSSR count). The molecule has 0 unspecified atom stereocenters. The number of halogens is 1. The Labute approximate surface area is 114 Å². The van der Waals surface area contributed by atoms with E-state index in [1.807, 2.05) is 34.6 Å². The molecule has 1 aliphatic heterocycles. The standard InChI is InChI=1S/C14H24FNO3/c1-13(2,3)19-12(18)16-7-6-10(11(15)8-17)14(4,5)9-16/h17H,6-9H2,1-5H3. The summed E-state index contributed by atoms with van der Waals surface area (Å²) in [6.07, 6.45) is 0.0579. The van der Waals surface area contributed by atoms with Crippen molar-refractivity contribution in [3.05, 3.63) is 11.4 Å². The third-order valence-electron chi connectivity index (χ3n) is 3.15. The molecule has 0 aromatic heterocycles. The maximum absolute atomic E-state index is 13.6. The molecule has 0 atom stereocenters. The van der Waals surface area contributed by atoms with Crippen molar-refractivity contribution in [1.29, 1.82) is 0 Å². The Hall–Kier alpha value is -1.10. The fourth-order valence-corrected chi connectivity index (χ4v) is 2.32. The lowest BCUT2D eigenvalue weighted by Gasteiger charge is -2.40. The Morgan fingerprint density at radius 3 is 2.47 bits per heavy atom. The van der Waals surface area contributed by atoms with Gasteiger partial charge in [-0.2, -0.15) is 0 Å². The Morgan fingerprint density at radius 1 is 1.47 bits per heavy atom. The predicted molar refractivity (Wildman–Crippen MR) is 71.4 cm³/mol. The van der Waals surface area contributed by atoms with Crippen molar-refractivity contribution in [2.75, 3.05) is 19.7 Å². The van der Waals surface area contributed by atoms with Crippen LogP contribution in [0.3, 0.4) is 0 Å². The van der Waals surface area contributed by atoms with E-state index in [1.54, 1.807) is 4.90 Å².